The number of benzene rings is 2. The molecule has 4 rings (SSSR count). The molecule has 1 N–H and O–H groups in total. The summed E-state index contributed by atoms with van der Waals surface area (Å²) in [7, 11) is 1.63. The Labute approximate surface area is 145 Å². The highest BCUT2D eigenvalue weighted by atomic mass is 16.5. The van der Waals surface area contributed by atoms with Crippen LogP contribution in [0.4, 0.5) is 0 Å². The molecule has 25 heavy (non-hydrogen) atoms. The lowest BCUT2D eigenvalue weighted by Crippen LogP contribution is -2.24. The van der Waals surface area contributed by atoms with Gasteiger partial charge in [-0.2, -0.15) is 0 Å². The SMILES string of the molecule is COc1ccc(CNC(=O)c2noc3c2CCc2ccccc2-3)cc1. The maximum atomic E-state index is 12.5. The van der Waals surface area contributed by atoms with Crippen LogP contribution in [0.5, 0.6) is 5.75 Å². The Morgan fingerprint density at radius 2 is 1.96 bits per heavy atom. The van der Waals surface area contributed by atoms with Crippen LogP contribution in [0.15, 0.2) is 53.1 Å². The van der Waals surface area contributed by atoms with Gasteiger partial charge in [0.1, 0.15) is 5.75 Å². The van der Waals surface area contributed by atoms with Crippen molar-refractivity contribution in [2.45, 2.75) is 19.4 Å². The molecule has 3 aromatic rings. The van der Waals surface area contributed by atoms with Crippen LogP contribution in [0.25, 0.3) is 11.3 Å². The highest BCUT2D eigenvalue weighted by Gasteiger charge is 2.27. The Kier molecular flexibility index (Phi) is 3.98. The first-order valence-corrected chi connectivity index (χ1v) is 8.24. The highest BCUT2D eigenvalue weighted by Crippen LogP contribution is 2.35. The lowest BCUT2D eigenvalue weighted by atomic mass is 9.89. The van der Waals surface area contributed by atoms with E-state index in [1.807, 2.05) is 42.5 Å². The first kappa shape index (κ1) is 15.4. The minimum atomic E-state index is -0.208. The monoisotopic (exact) mass is 334 g/mol. The Morgan fingerprint density at radius 1 is 1.16 bits per heavy atom. The molecule has 1 heterocycles. The van der Waals surface area contributed by atoms with E-state index in [9.17, 15) is 4.79 Å². The Hall–Kier alpha value is -3.08. The Morgan fingerprint density at radius 3 is 2.76 bits per heavy atom. The van der Waals surface area contributed by atoms with Crippen molar-refractivity contribution in [1.82, 2.24) is 10.5 Å². The van der Waals surface area contributed by atoms with E-state index in [1.165, 1.54) is 5.56 Å². The molecule has 1 amide bonds. The number of hydrogen-bond acceptors (Lipinski definition) is 4. The number of hydrogen-bond donors (Lipinski definition) is 1. The minimum absolute atomic E-state index is 0.208. The van der Waals surface area contributed by atoms with Gasteiger partial charge in [-0.1, -0.05) is 41.6 Å². The fraction of sp³-hybridized carbons (Fsp3) is 0.200. The molecule has 2 aromatic carbocycles. The van der Waals surface area contributed by atoms with Crippen molar-refractivity contribution in [2.24, 2.45) is 0 Å². The molecule has 0 fully saturated rings. The standard InChI is InChI=1S/C20H18N2O3/c1-24-15-9-6-13(7-10-15)12-21-20(23)18-17-11-8-14-4-2-3-5-16(14)19(17)25-22-18/h2-7,9-10H,8,11-12H2,1H3,(H,21,23). The van der Waals surface area contributed by atoms with Gasteiger partial charge in [0.2, 0.25) is 0 Å². The summed E-state index contributed by atoms with van der Waals surface area (Å²) in [5.74, 6) is 1.30. The first-order chi connectivity index (χ1) is 12.3. The smallest absolute Gasteiger partial charge is 0.274 e. The minimum Gasteiger partial charge on any atom is -0.497 e. The highest BCUT2D eigenvalue weighted by molar-refractivity contribution is 5.95. The summed E-state index contributed by atoms with van der Waals surface area (Å²) in [5, 5.41) is 6.94. The molecule has 1 aliphatic rings. The maximum Gasteiger partial charge on any atom is 0.274 e. The number of aromatic nitrogens is 1. The number of carbonyl (C=O) groups is 1. The number of fused-ring (bicyclic) bond motifs is 3. The van der Waals surface area contributed by atoms with Gasteiger partial charge < -0.3 is 14.6 Å². The number of ether oxygens (including phenoxy) is 1. The summed E-state index contributed by atoms with van der Waals surface area (Å²) in [5.41, 5.74) is 4.54. The molecule has 0 saturated heterocycles. The molecule has 0 saturated carbocycles. The fourth-order valence-electron chi connectivity index (χ4n) is 3.16. The lowest BCUT2D eigenvalue weighted by Gasteiger charge is -2.14. The predicted molar refractivity (Wildman–Crippen MR) is 93.5 cm³/mol. The van der Waals surface area contributed by atoms with E-state index in [1.54, 1.807) is 7.11 Å². The van der Waals surface area contributed by atoms with Crippen molar-refractivity contribution in [2.75, 3.05) is 7.11 Å². The molecule has 0 atom stereocenters. The van der Waals surface area contributed by atoms with E-state index in [0.717, 1.165) is 41.0 Å². The van der Waals surface area contributed by atoms with Crippen molar-refractivity contribution < 1.29 is 14.1 Å². The molecule has 0 spiro atoms. The van der Waals surface area contributed by atoms with Crippen LogP contribution >= 0.6 is 0 Å². The first-order valence-electron chi connectivity index (χ1n) is 8.24. The van der Waals surface area contributed by atoms with Gasteiger partial charge in [-0.25, -0.2) is 0 Å². The van der Waals surface area contributed by atoms with Crippen molar-refractivity contribution in [1.29, 1.82) is 0 Å². The molecular weight excluding hydrogens is 316 g/mol. The van der Waals surface area contributed by atoms with Crippen LogP contribution in [0.1, 0.15) is 27.2 Å². The zero-order valence-corrected chi connectivity index (χ0v) is 13.9. The second-order valence-electron chi connectivity index (χ2n) is 6.03. The van der Waals surface area contributed by atoms with Gasteiger partial charge in [-0.15, -0.1) is 0 Å². The second kappa shape index (κ2) is 6.43. The van der Waals surface area contributed by atoms with Crippen LogP contribution in [0.2, 0.25) is 0 Å². The van der Waals surface area contributed by atoms with E-state index in [-0.39, 0.29) is 5.91 Å². The van der Waals surface area contributed by atoms with Gasteiger partial charge in [0, 0.05) is 17.7 Å². The Balaban J connectivity index is 1.51. The van der Waals surface area contributed by atoms with Gasteiger partial charge in [0.15, 0.2) is 11.5 Å². The van der Waals surface area contributed by atoms with E-state index in [0.29, 0.717) is 12.2 Å². The summed E-state index contributed by atoms with van der Waals surface area (Å²) in [6.45, 7) is 0.432. The molecule has 5 heteroatoms. The molecular formula is C20H18N2O3. The van der Waals surface area contributed by atoms with Gasteiger partial charge in [-0.05, 0) is 36.1 Å². The van der Waals surface area contributed by atoms with Crippen LogP contribution in [-0.2, 0) is 19.4 Å². The summed E-state index contributed by atoms with van der Waals surface area (Å²) < 4.78 is 10.6. The molecule has 0 unspecified atom stereocenters. The average molecular weight is 334 g/mol. The molecule has 0 bridgehead atoms. The summed E-state index contributed by atoms with van der Waals surface area (Å²) in [6, 6.07) is 15.7. The number of aryl methyl sites for hydroxylation is 1. The summed E-state index contributed by atoms with van der Waals surface area (Å²) in [6.07, 6.45) is 1.66. The molecule has 0 radical (unpaired) electrons. The van der Waals surface area contributed by atoms with Crippen molar-refractivity contribution in [3.05, 3.63) is 70.9 Å². The second-order valence-corrected chi connectivity index (χ2v) is 6.03. The average Bonchev–Trinajstić information content (AvgIpc) is 3.11. The molecule has 5 nitrogen and oxygen atoms in total. The summed E-state index contributed by atoms with van der Waals surface area (Å²) in [4.78, 5) is 12.5. The van der Waals surface area contributed by atoms with Crippen molar-refractivity contribution >= 4 is 5.91 Å². The summed E-state index contributed by atoms with van der Waals surface area (Å²) >= 11 is 0. The number of nitrogens with one attached hydrogen (secondary N) is 1. The van der Waals surface area contributed by atoms with Gasteiger partial charge in [0.25, 0.3) is 5.91 Å². The van der Waals surface area contributed by atoms with Crippen LogP contribution < -0.4 is 10.1 Å². The number of methoxy groups -OCH3 is 1. The van der Waals surface area contributed by atoms with E-state index >= 15 is 0 Å². The molecule has 1 aliphatic carbocycles. The molecule has 1 aromatic heterocycles. The Bertz CT molecular complexity index is 913. The predicted octanol–water partition coefficient (Wildman–Crippen LogP) is 3.38. The lowest BCUT2D eigenvalue weighted by molar-refractivity contribution is 0.0941. The molecule has 0 aliphatic heterocycles. The van der Waals surface area contributed by atoms with E-state index < -0.39 is 0 Å². The van der Waals surface area contributed by atoms with E-state index in [2.05, 4.69) is 16.5 Å². The van der Waals surface area contributed by atoms with Crippen LogP contribution in [-0.4, -0.2) is 18.2 Å². The third kappa shape index (κ3) is 2.89. The molecule has 126 valence electrons. The largest absolute Gasteiger partial charge is 0.497 e. The third-order valence-electron chi connectivity index (χ3n) is 4.52. The van der Waals surface area contributed by atoms with Gasteiger partial charge in [0.05, 0.1) is 7.11 Å². The third-order valence-corrected chi connectivity index (χ3v) is 4.52. The fourth-order valence-corrected chi connectivity index (χ4v) is 3.16. The zero-order chi connectivity index (χ0) is 17.2. The maximum absolute atomic E-state index is 12.5. The number of rotatable bonds is 4. The van der Waals surface area contributed by atoms with Gasteiger partial charge in [-0.3, -0.25) is 4.79 Å². The van der Waals surface area contributed by atoms with Crippen LogP contribution in [0, 0.1) is 0 Å². The van der Waals surface area contributed by atoms with E-state index in [4.69, 9.17) is 9.26 Å². The number of amides is 1. The van der Waals surface area contributed by atoms with Crippen molar-refractivity contribution in [3.63, 3.8) is 0 Å². The van der Waals surface area contributed by atoms with Gasteiger partial charge >= 0.3 is 0 Å². The number of nitrogens with zero attached hydrogens (tertiary/aromatic N) is 1. The normalized spacial score (nSPS) is 12.2. The van der Waals surface area contributed by atoms with Crippen LogP contribution in [0.3, 0.4) is 0 Å². The number of carbonyl (C=O) groups excluding carboxylic acids is 1. The zero-order valence-electron chi connectivity index (χ0n) is 13.9. The topological polar surface area (TPSA) is 64.4 Å². The quantitative estimate of drug-likeness (QED) is 0.794. The van der Waals surface area contributed by atoms with Crippen molar-refractivity contribution in [3.8, 4) is 17.1 Å².